The molecule has 1 aliphatic heterocycles. The molecule has 174 valence electrons. The second-order valence-corrected chi connectivity index (χ2v) is 10.6. The SMILES string of the molecule is COCN(c1cccc(B2OC(C)(C)C(C)(C)O2)c1F)S(=O)(=O)c1ccc(OC)c(Cl)c1. The number of hydrogen-bond acceptors (Lipinski definition) is 6. The largest absolute Gasteiger partial charge is 0.497 e. The van der Waals surface area contributed by atoms with Crippen molar-refractivity contribution in [1.82, 2.24) is 0 Å². The first-order chi connectivity index (χ1) is 14.9. The lowest BCUT2D eigenvalue weighted by Gasteiger charge is -2.32. The Hall–Kier alpha value is -1.85. The van der Waals surface area contributed by atoms with Gasteiger partial charge < -0.3 is 18.8 Å². The zero-order valence-corrected chi connectivity index (χ0v) is 20.4. The standard InChI is InChI=1S/C21H26BClFNO6S/c1-20(2)21(3,4)31-22(30-20)15-8-7-9-17(19(15)24)25(13-28-5)32(26,27)14-10-11-18(29-6)16(23)12-14/h7-12H,13H2,1-6H3. The molecule has 0 unspecified atom stereocenters. The Kier molecular flexibility index (Phi) is 6.84. The number of nitrogens with zero attached hydrogens (tertiary/aromatic N) is 1. The molecule has 0 radical (unpaired) electrons. The molecule has 0 bridgehead atoms. The number of sulfonamides is 1. The van der Waals surface area contributed by atoms with Crippen LogP contribution in [-0.2, 0) is 24.1 Å². The van der Waals surface area contributed by atoms with Crippen molar-refractivity contribution in [3.05, 3.63) is 47.2 Å². The molecule has 0 aromatic heterocycles. The highest BCUT2D eigenvalue weighted by Crippen LogP contribution is 2.37. The molecule has 0 spiro atoms. The van der Waals surface area contributed by atoms with E-state index in [9.17, 15) is 8.42 Å². The predicted molar refractivity (Wildman–Crippen MR) is 122 cm³/mol. The van der Waals surface area contributed by atoms with Gasteiger partial charge in [0.2, 0.25) is 0 Å². The van der Waals surface area contributed by atoms with Gasteiger partial charge in [0, 0.05) is 12.6 Å². The van der Waals surface area contributed by atoms with E-state index in [1.54, 1.807) is 0 Å². The van der Waals surface area contributed by atoms with Crippen molar-refractivity contribution in [3.63, 3.8) is 0 Å². The van der Waals surface area contributed by atoms with E-state index in [0.717, 1.165) is 4.31 Å². The summed E-state index contributed by atoms with van der Waals surface area (Å²) in [4.78, 5) is -0.138. The maximum absolute atomic E-state index is 15.7. The third kappa shape index (κ3) is 4.34. The van der Waals surface area contributed by atoms with Crippen LogP contribution in [0.4, 0.5) is 10.1 Å². The van der Waals surface area contributed by atoms with E-state index in [1.165, 1.54) is 50.6 Å². The molecule has 1 heterocycles. The average molecular weight is 486 g/mol. The Labute approximate surface area is 193 Å². The van der Waals surface area contributed by atoms with Crippen LogP contribution in [0.3, 0.4) is 0 Å². The maximum atomic E-state index is 15.7. The van der Waals surface area contributed by atoms with Gasteiger partial charge in [0.05, 0.1) is 33.9 Å². The van der Waals surface area contributed by atoms with Gasteiger partial charge in [0.25, 0.3) is 10.0 Å². The van der Waals surface area contributed by atoms with Gasteiger partial charge in [0.1, 0.15) is 18.3 Å². The molecule has 0 amide bonds. The number of hydrogen-bond donors (Lipinski definition) is 0. The predicted octanol–water partition coefficient (Wildman–Crippen LogP) is 3.59. The molecule has 2 aromatic carbocycles. The third-order valence-electron chi connectivity index (χ3n) is 5.74. The summed E-state index contributed by atoms with van der Waals surface area (Å²) in [6, 6.07) is 8.40. The van der Waals surface area contributed by atoms with Gasteiger partial charge in [-0.25, -0.2) is 17.1 Å². The van der Waals surface area contributed by atoms with Crippen molar-refractivity contribution >= 4 is 39.9 Å². The number of halogens is 2. The van der Waals surface area contributed by atoms with Crippen LogP contribution in [0.1, 0.15) is 27.7 Å². The van der Waals surface area contributed by atoms with Crippen molar-refractivity contribution in [2.45, 2.75) is 43.8 Å². The highest BCUT2D eigenvalue weighted by atomic mass is 35.5. The fourth-order valence-corrected chi connectivity index (χ4v) is 4.93. The van der Waals surface area contributed by atoms with Gasteiger partial charge in [-0.2, -0.15) is 0 Å². The highest BCUT2D eigenvalue weighted by Gasteiger charge is 2.52. The third-order valence-corrected chi connectivity index (χ3v) is 7.77. The first kappa shape index (κ1) is 24.8. The monoisotopic (exact) mass is 485 g/mol. The van der Waals surface area contributed by atoms with Crippen LogP contribution in [0.15, 0.2) is 41.3 Å². The van der Waals surface area contributed by atoms with Gasteiger partial charge in [0.15, 0.2) is 0 Å². The Morgan fingerprint density at radius 2 is 1.72 bits per heavy atom. The minimum Gasteiger partial charge on any atom is -0.495 e. The van der Waals surface area contributed by atoms with Crippen LogP contribution in [0.5, 0.6) is 5.75 Å². The fraction of sp³-hybridized carbons (Fsp3) is 0.429. The highest BCUT2D eigenvalue weighted by molar-refractivity contribution is 7.92. The molecule has 3 rings (SSSR count). The van der Waals surface area contributed by atoms with Crippen molar-refractivity contribution in [1.29, 1.82) is 0 Å². The molecular weight excluding hydrogens is 460 g/mol. The smallest absolute Gasteiger partial charge is 0.495 e. The quantitative estimate of drug-likeness (QED) is 0.441. The van der Waals surface area contributed by atoms with Crippen molar-refractivity contribution in [3.8, 4) is 5.75 Å². The fourth-order valence-electron chi connectivity index (χ4n) is 3.20. The van der Waals surface area contributed by atoms with Crippen molar-refractivity contribution < 1.29 is 31.6 Å². The van der Waals surface area contributed by atoms with E-state index >= 15 is 4.39 Å². The summed E-state index contributed by atoms with van der Waals surface area (Å²) in [5.41, 5.74) is -1.48. The van der Waals surface area contributed by atoms with Gasteiger partial charge in [-0.1, -0.05) is 23.7 Å². The van der Waals surface area contributed by atoms with Crippen LogP contribution in [0, 0.1) is 5.82 Å². The van der Waals surface area contributed by atoms with Gasteiger partial charge >= 0.3 is 7.12 Å². The summed E-state index contributed by atoms with van der Waals surface area (Å²) in [6.07, 6.45) is 0. The summed E-state index contributed by atoms with van der Waals surface area (Å²) in [5, 5.41) is 0.109. The van der Waals surface area contributed by atoms with Crippen molar-refractivity contribution in [2.24, 2.45) is 0 Å². The van der Waals surface area contributed by atoms with Crippen molar-refractivity contribution in [2.75, 3.05) is 25.3 Å². The number of methoxy groups -OCH3 is 2. The summed E-state index contributed by atoms with van der Waals surface area (Å²) < 4.78 is 65.3. The summed E-state index contributed by atoms with van der Waals surface area (Å²) in [5.74, 6) is -0.468. The van der Waals surface area contributed by atoms with E-state index in [-0.39, 0.29) is 21.1 Å². The van der Waals surface area contributed by atoms with Gasteiger partial charge in [-0.3, -0.25) is 0 Å². The number of rotatable bonds is 7. The van der Waals surface area contributed by atoms with Crippen LogP contribution in [0.25, 0.3) is 0 Å². The first-order valence-corrected chi connectivity index (χ1v) is 11.7. The minimum absolute atomic E-state index is 0.0882. The van der Waals surface area contributed by atoms with E-state index in [0.29, 0.717) is 5.75 Å². The Balaban J connectivity index is 2.06. The van der Waals surface area contributed by atoms with Crippen LogP contribution >= 0.6 is 11.6 Å². The Morgan fingerprint density at radius 3 is 2.25 bits per heavy atom. The zero-order chi connectivity index (χ0) is 23.9. The molecule has 11 heteroatoms. The average Bonchev–Trinajstić information content (AvgIpc) is 2.93. The maximum Gasteiger partial charge on any atom is 0.497 e. The van der Waals surface area contributed by atoms with Crippen LogP contribution < -0.4 is 14.5 Å². The summed E-state index contributed by atoms with van der Waals surface area (Å²) in [6.45, 7) is 6.98. The topological polar surface area (TPSA) is 74.3 Å². The van der Waals surface area contributed by atoms with E-state index in [4.69, 9.17) is 30.4 Å². The van der Waals surface area contributed by atoms with Crippen LogP contribution in [-0.4, -0.2) is 47.7 Å². The molecule has 0 atom stereocenters. The number of ether oxygens (including phenoxy) is 2. The lowest BCUT2D eigenvalue weighted by atomic mass is 9.78. The summed E-state index contributed by atoms with van der Waals surface area (Å²) in [7, 11) is -2.48. The second kappa shape index (κ2) is 8.83. The Morgan fingerprint density at radius 1 is 1.09 bits per heavy atom. The van der Waals surface area contributed by atoms with E-state index in [1.807, 2.05) is 27.7 Å². The first-order valence-electron chi connectivity index (χ1n) is 9.85. The van der Waals surface area contributed by atoms with Gasteiger partial charge in [-0.15, -0.1) is 0 Å². The molecule has 7 nitrogen and oxygen atoms in total. The molecule has 32 heavy (non-hydrogen) atoms. The molecule has 0 aliphatic carbocycles. The minimum atomic E-state index is -4.23. The normalized spacial score (nSPS) is 17.4. The van der Waals surface area contributed by atoms with E-state index < -0.39 is 40.9 Å². The molecule has 2 aromatic rings. The summed E-state index contributed by atoms with van der Waals surface area (Å²) >= 11 is 6.11. The lowest BCUT2D eigenvalue weighted by molar-refractivity contribution is 0.00578. The number of benzene rings is 2. The van der Waals surface area contributed by atoms with Gasteiger partial charge in [-0.05, 0) is 52.0 Å². The molecule has 1 aliphatic rings. The zero-order valence-electron chi connectivity index (χ0n) is 18.8. The lowest BCUT2D eigenvalue weighted by Crippen LogP contribution is -2.41. The molecule has 1 saturated heterocycles. The second-order valence-electron chi connectivity index (χ2n) is 8.34. The number of anilines is 1. The molecule has 0 saturated carbocycles. The van der Waals surface area contributed by atoms with E-state index in [2.05, 4.69) is 0 Å². The molecule has 1 fully saturated rings. The molecular formula is C21H26BClFNO6S. The molecule has 0 N–H and O–H groups in total. The van der Waals surface area contributed by atoms with Crippen LogP contribution in [0.2, 0.25) is 5.02 Å². The Bertz CT molecular complexity index is 1100.